The molecule has 1 aliphatic rings. The van der Waals surface area contributed by atoms with Gasteiger partial charge in [-0.1, -0.05) is 26.0 Å². The van der Waals surface area contributed by atoms with Crippen LogP contribution in [0.2, 0.25) is 0 Å². The standard InChI is InChI=1S/C13H14O4S2/c1-8(2)18-6-9-7-19(16,17)12-10(9)4-3-5-11(12)13(14)15/h3-5,7-8H,6H2,1-2H3,(H,14,15). The fourth-order valence-corrected chi connectivity index (χ4v) is 4.47. The molecular formula is C13H14O4S2. The SMILES string of the molecule is CC(C)SCC1=CS(=O)(=O)c2c(C(=O)O)cccc21. The molecule has 1 N–H and O–H groups in total. The molecule has 0 radical (unpaired) electrons. The Morgan fingerprint density at radius 3 is 2.63 bits per heavy atom. The third-order valence-corrected chi connectivity index (χ3v) is 5.49. The molecule has 4 nitrogen and oxygen atoms in total. The number of rotatable bonds is 4. The minimum absolute atomic E-state index is 0.0677. The summed E-state index contributed by atoms with van der Waals surface area (Å²) >= 11 is 1.63. The second-order valence-corrected chi connectivity index (χ2v) is 7.83. The summed E-state index contributed by atoms with van der Waals surface area (Å²) in [6, 6.07) is 4.57. The molecule has 102 valence electrons. The van der Waals surface area contributed by atoms with Crippen LogP contribution in [-0.2, 0) is 9.84 Å². The summed E-state index contributed by atoms with van der Waals surface area (Å²) in [6.07, 6.45) is 0. The normalized spacial score (nSPS) is 16.3. The van der Waals surface area contributed by atoms with Crippen LogP contribution in [0, 0.1) is 0 Å². The number of benzene rings is 1. The molecule has 0 atom stereocenters. The number of carboxylic acid groups (broad SMARTS) is 1. The van der Waals surface area contributed by atoms with Crippen molar-refractivity contribution < 1.29 is 18.3 Å². The van der Waals surface area contributed by atoms with E-state index in [1.165, 1.54) is 11.5 Å². The van der Waals surface area contributed by atoms with Crippen LogP contribution in [0.5, 0.6) is 0 Å². The van der Waals surface area contributed by atoms with E-state index in [1.54, 1.807) is 23.9 Å². The molecule has 6 heteroatoms. The molecule has 0 aromatic heterocycles. The van der Waals surface area contributed by atoms with E-state index in [0.29, 0.717) is 22.1 Å². The maximum absolute atomic E-state index is 12.1. The van der Waals surface area contributed by atoms with Crippen LogP contribution in [0.25, 0.3) is 5.57 Å². The van der Waals surface area contributed by atoms with E-state index in [1.807, 2.05) is 13.8 Å². The van der Waals surface area contributed by atoms with Crippen molar-refractivity contribution in [2.45, 2.75) is 24.0 Å². The Hall–Kier alpha value is -1.27. The maximum atomic E-state index is 12.1. The van der Waals surface area contributed by atoms with Crippen molar-refractivity contribution in [3.63, 3.8) is 0 Å². The quantitative estimate of drug-likeness (QED) is 0.925. The van der Waals surface area contributed by atoms with Crippen LogP contribution in [0.4, 0.5) is 0 Å². The van der Waals surface area contributed by atoms with Gasteiger partial charge in [-0.25, -0.2) is 13.2 Å². The van der Waals surface area contributed by atoms with Crippen LogP contribution in [-0.4, -0.2) is 30.5 Å². The first kappa shape index (κ1) is 14.1. The average molecular weight is 298 g/mol. The van der Waals surface area contributed by atoms with Crippen molar-refractivity contribution in [2.24, 2.45) is 0 Å². The summed E-state index contributed by atoms with van der Waals surface area (Å²) in [4.78, 5) is 11.1. The van der Waals surface area contributed by atoms with Gasteiger partial charge in [0.2, 0.25) is 9.84 Å². The first-order chi connectivity index (χ1) is 8.83. The zero-order valence-corrected chi connectivity index (χ0v) is 12.2. The van der Waals surface area contributed by atoms with E-state index < -0.39 is 15.8 Å². The molecule has 1 aromatic carbocycles. The molecular weight excluding hydrogens is 284 g/mol. The lowest BCUT2D eigenvalue weighted by molar-refractivity contribution is 0.0692. The van der Waals surface area contributed by atoms with Crippen molar-refractivity contribution in [1.29, 1.82) is 0 Å². The summed E-state index contributed by atoms with van der Waals surface area (Å²) < 4.78 is 24.2. The molecule has 0 bridgehead atoms. The third kappa shape index (κ3) is 2.69. The summed E-state index contributed by atoms with van der Waals surface area (Å²) in [5.74, 6) is -0.654. The van der Waals surface area contributed by atoms with Gasteiger partial charge in [0.05, 0.1) is 10.5 Å². The van der Waals surface area contributed by atoms with E-state index in [4.69, 9.17) is 5.11 Å². The zero-order chi connectivity index (χ0) is 14.2. The predicted octanol–water partition coefficient (Wildman–Crippen LogP) is 2.65. The lowest BCUT2D eigenvalue weighted by Gasteiger charge is -2.08. The molecule has 0 saturated heterocycles. The fourth-order valence-electron chi connectivity index (χ4n) is 1.94. The highest BCUT2D eigenvalue weighted by Gasteiger charge is 2.31. The lowest BCUT2D eigenvalue weighted by Crippen LogP contribution is -2.06. The molecule has 0 amide bonds. The van der Waals surface area contributed by atoms with Crippen molar-refractivity contribution in [1.82, 2.24) is 0 Å². The average Bonchev–Trinajstić information content (AvgIpc) is 2.58. The highest BCUT2D eigenvalue weighted by atomic mass is 32.2. The number of hydrogen-bond acceptors (Lipinski definition) is 4. The van der Waals surface area contributed by atoms with E-state index >= 15 is 0 Å². The lowest BCUT2D eigenvalue weighted by atomic mass is 10.1. The van der Waals surface area contributed by atoms with Crippen molar-refractivity contribution >= 4 is 33.1 Å². The van der Waals surface area contributed by atoms with Gasteiger partial charge in [0.25, 0.3) is 0 Å². The van der Waals surface area contributed by atoms with Gasteiger partial charge >= 0.3 is 5.97 Å². The summed E-state index contributed by atoms with van der Waals surface area (Å²) in [5, 5.41) is 10.7. The number of fused-ring (bicyclic) bond motifs is 1. The van der Waals surface area contributed by atoms with Gasteiger partial charge in [-0.3, -0.25) is 0 Å². The van der Waals surface area contributed by atoms with Gasteiger partial charge in [-0.05, 0) is 22.5 Å². The van der Waals surface area contributed by atoms with Gasteiger partial charge in [0.1, 0.15) is 0 Å². The number of thioether (sulfide) groups is 1. The van der Waals surface area contributed by atoms with Gasteiger partial charge < -0.3 is 5.11 Å². The molecule has 0 saturated carbocycles. The number of carboxylic acids is 1. The van der Waals surface area contributed by atoms with Gasteiger partial charge in [-0.15, -0.1) is 0 Å². The van der Waals surface area contributed by atoms with Crippen LogP contribution in [0.3, 0.4) is 0 Å². The molecule has 0 fully saturated rings. The summed E-state index contributed by atoms with van der Waals surface area (Å²) in [5.41, 5.74) is 1.04. The van der Waals surface area contributed by atoms with E-state index in [9.17, 15) is 13.2 Å². The van der Waals surface area contributed by atoms with E-state index in [2.05, 4.69) is 0 Å². The summed E-state index contributed by atoms with van der Waals surface area (Å²) in [6.45, 7) is 4.06. The van der Waals surface area contributed by atoms with Crippen LogP contribution >= 0.6 is 11.8 Å². The molecule has 0 unspecified atom stereocenters. The second-order valence-electron chi connectivity index (χ2n) is 4.54. The minimum Gasteiger partial charge on any atom is -0.478 e. The Bertz CT molecular complexity index is 657. The number of sulfone groups is 1. The fraction of sp³-hybridized carbons (Fsp3) is 0.308. The molecule has 1 heterocycles. The summed E-state index contributed by atoms with van der Waals surface area (Å²) in [7, 11) is -3.63. The van der Waals surface area contributed by atoms with Crippen molar-refractivity contribution in [3.05, 3.63) is 34.7 Å². The van der Waals surface area contributed by atoms with Crippen molar-refractivity contribution in [3.8, 4) is 0 Å². The first-order valence-electron chi connectivity index (χ1n) is 5.77. The van der Waals surface area contributed by atoms with Crippen molar-refractivity contribution in [2.75, 3.05) is 5.75 Å². The number of carbonyl (C=O) groups is 1. The Balaban J connectivity index is 2.52. The zero-order valence-electron chi connectivity index (χ0n) is 10.6. The van der Waals surface area contributed by atoms with E-state index in [-0.39, 0.29) is 10.5 Å². The number of hydrogen-bond donors (Lipinski definition) is 1. The Kier molecular flexibility index (Phi) is 3.73. The molecule has 0 spiro atoms. The minimum atomic E-state index is -3.63. The van der Waals surface area contributed by atoms with Crippen LogP contribution in [0.1, 0.15) is 29.8 Å². The predicted molar refractivity (Wildman–Crippen MR) is 76.2 cm³/mol. The molecule has 1 aromatic rings. The smallest absolute Gasteiger partial charge is 0.337 e. The van der Waals surface area contributed by atoms with Gasteiger partial charge in [0.15, 0.2) is 0 Å². The topological polar surface area (TPSA) is 71.4 Å². The third-order valence-electron chi connectivity index (χ3n) is 2.75. The maximum Gasteiger partial charge on any atom is 0.337 e. The monoisotopic (exact) mass is 298 g/mol. The van der Waals surface area contributed by atoms with Crippen LogP contribution in [0.15, 0.2) is 28.5 Å². The second kappa shape index (κ2) is 5.02. The molecule has 1 aliphatic heterocycles. The Labute approximate surface area is 116 Å². The molecule has 19 heavy (non-hydrogen) atoms. The highest BCUT2D eigenvalue weighted by molar-refractivity contribution is 8.00. The molecule has 0 aliphatic carbocycles. The first-order valence-corrected chi connectivity index (χ1v) is 8.36. The highest BCUT2D eigenvalue weighted by Crippen LogP contribution is 2.37. The molecule has 2 rings (SSSR count). The van der Waals surface area contributed by atoms with Gasteiger partial charge in [0, 0.05) is 11.2 Å². The largest absolute Gasteiger partial charge is 0.478 e. The van der Waals surface area contributed by atoms with E-state index in [0.717, 1.165) is 0 Å². The van der Waals surface area contributed by atoms with Crippen LogP contribution < -0.4 is 0 Å². The Morgan fingerprint density at radius 1 is 1.37 bits per heavy atom. The Morgan fingerprint density at radius 2 is 2.05 bits per heavy atom. The van der Waals surface area contributed by atoms with Gasteiger partial charge in [-0.2, -0.15) is 11.8 Å². The number of aromatic carboxylic acids is 1.